The predicted molar refractivity (Wildman–Crippen MR) is 54.7 cm³/mol. The number of halogens is 2. The van der Waals surface area contributed by atoms with Crippen molar-refractivity contribution in [2.45, 2.75) is 27.2 Å². The standard InChI is InChI=1S/C11H14ClF/c1-7(2)4-9-6-10(12)8(3)5-11(9)13/h5-7H,4H2,1-3H3. The predicted octanol–water partition coefficient (Wildman–Crippen LogP) is 3.99. The van der Waals surface area contributed by atoms with Crippen LogP contribution in [0.15, 0.2) is 12.1 Å². The maximum absolute atomic E-state index is 13.3. The zero-order chi connectivity index (χ0) is 10.0. The molecule has 0 aromatic heterocycles. The third-order valence-electron chi connectivity index (χ3n) is 1.96. The first-order valence-electron chi connectivity index (χ1n) is 4.45. The molecular formula is C11H14ClF. The molecule has 0 nitrogen and oxygen atoms in total. The maximum Gasteiger partial charge on any atom is 0.126 e. The summed E-state index contributed by atoms with van der Waals surface area (Å²) in [6.45, 7) is 5.94. The Kier molecular flexibility index (Phi) is 3.32. The summed E-state index contributed by atoms with van der Waals surface area (Å²) in [7, 11) is 0. The summed E-state index contributed by atoms with van der Waals surface area (Å²) in [6, 6.07) is 3.23. The Bertz CT molecular complexity index is 305. The molecule has 0 aliphatic carbocycles. The van der Waals surface area contributed by atoms with E-state index in [0.717, 1.165) is 12.0 Å². The van der Waals surface area contributed by atoms with Crippen molar-refractivity contribution in [3.8, 4) is 0 Å². The van der Waals surface area contributed by atoms with Crippen molar-refractivity contribution in [1.82, 2.24) is 0 Å². The van der Waals surface area contributed by atoms with E-state index in [1.807, 2.05) is 6.92 Å². The molecule has 2 heteroatoms. The van der Waals surface area contributed by atoms with Gasteiger partial charge < -0.3 is 0 Å². The molecule has 0 saturated carbocycles. The lowest BCUT2D eigenvalue weighted by Crippen LogP contribution is -1.98. The summed E-state index contributed by atoms with van der Waals surface area (Å²) < 4.78 is 13.3. The molecule has 0 bridgehead atoms. The highest BCUT2D eigenvalue weighted by molar-refractivity contribution is 6.31. The average molecular weight is 201 g/mol. The number of benzene rings is 1. The summed E-state index contributed by atoms with van der Waals surface area (Å²) in [4.78, 5) is 0. The molecule has 0 N–H and O–H groups in total. The monoisotopic (exact) mass is 200 g/mol. The molecule has 13 heavy (non-hydrogen) atoms. The first-order valence-corrected chi connectivity index (χ1v) is 4.83. The van der Waals surface area contributed by atoms with Gasteiger partial charge in [-0.2, -0.15) is 0 Å². The van der Waals surface area contributed by atoms with Gasteiger partial charge in [0.15, 0.2) is 0 Å². The first kappa shape index (κ1) is 10.5. The highest BCUT2D eigenvalue weighted by Gasteiger charge is 2.07. The Morgan fingerprint density at radius 1 is 1.38 bits per heavy atom. The second-order valence-corrected chi connectivity index (χ2v) is 4.20. The van der Waals surface area contributed by atoms with Crippen molar-refractivity contribution >= 4 is 11.6 Å². The van der Waals surface area contributed by atoms with Crippen LogP contribution in [-0.2, 0) is 6.42 Å². The molecule has 0 aliphatic heterocycles. The second kappa shape index (κ2) is 4.10. The van der Waals surface area contributed by atoms with Crippen molar-refractivity contribution in [2.75, 3.05) is 0 Å². The Balaban J connectivity index is 3.01. The van der Waals surface area contributed by atoms with Crippen molar-refractivity contribution in [1.29, 1.82) is 0 Å². The van der Waals surface area contributed by atoms with Crippen LogP contribution in [-0.4, -0.2) is 0 Å². The molecule has 0 heterocycles. The van der Waals surface area contributed by atoms with Crippen LogP contribution in [0.5, 0.6) is 0 Å². The molecule has 1 rings (SSSR count). The van der Waals surface area contributed by atoms with E-state index in [0.29, 0.717) is 16.5 Å². The van der Waals surface area contributed by atoms with E-state index < -0.39 is 0 Å². The molecule has 0 fully saturated rings. The summed E-state index contributed by atoms with van der Waals surface area (Å²) in [6.07, 6.45) is 0.742. The summed E-state index contributed by atoms with van der Waals surface area (Å²) in [5.74, 6) is 0.309. The number of aryl methyl sites for hydroxylation is 1. The molecule has 0 saturated heterocycles. The lowest BCUT2D eigenvalue weighted by atomic mass is 10.0. The minimum atomic E-state index is -0.143. The van der Waals surface area contributed by atoms with Gasteiger partial charge in [-0.25, -0.2) is 4.39 Å². The van der Waals surface area contributed by atoms with Crippen LogP contribution in [0.2, 0.25) is 5.02 Å². The van der Waals surface area contributed by atoms with Gasteiger partial charge in [-0.1, -0.05) is 25.4 Å². The van der Waals surface area contributed by atoms with Gasteiger partial charge in [0.25, 0.3) is 0 Å². The van der Waals surface area contributed by atoms with E-state index in [1.54, 1.807) is 6.07 Å². The average Bonchev–Trinajstić information content (AvgIpc) is 1.99. The van der Waals surface area contributed by atoms with Crippen LogP contribution >= 0.6 is 11.6 Å². The highest BCUT2D eigenvalue weighted by Crippen LogP contribution is 2.21. The van der Waals surface area contributed by atoms with Crippen molar-refractivity contribution < 1.29 is 4.39 Å². The van der Waals surface area contributed by atoms with Crippen LogP contribution in [0, 0.1) is 18.7 Å². The summed E-state index contributed by atoms with van der Waals surface area (Å²) in [5.41, 5.74) is 1.51. The zero-order valence-electron chi connectivity index (χ0n) is 8.20. The molecule has 0 amide bonds. The minimum absolute atomic E-state index is 0.143. The quantitative estimate of drug-likeness (QED) is 0.678. The van der Waals surface area contributed by atoms with Gasteiger partial charge in [-0.05, 0) is 42.5 Å². The van der Waals surface area contributed by atoms with E-state index in [2.05, 4.69) is 13.8 Å². The van der Waals surface area contributed by atoms with Gasteiger partial charge in [0.05, 0.1) is 0 Å². The van der Waals surface area contributed by atoms with E-state index in [-0.39, 0.29) is 5.82 Å². The van der Waals surface area contributed by atoms with E-state index >= 15 is 0 Å². The highest BCUT2D eigenvalue weighted by atomic mass is 35.5. The van der Waals surface area contributed by atoms with Gasteiger partial charge in [0, 0.05) is 5.02 Å². The fourth-order valence-corrected chi connectivity index (χ4v) is 1.47. The molecule has 0 unspecified atom stereocenters. The zero-order valence-corrected chi connectivity index (χ0v) is 8.95. The molecule has 72 valence electrons. The number of hydrogen-bond donors (Lipinski definition) is 0. The first-order chi connectivity index (χ1) is 6.00. The van der Waals surface area contributed by atoms with Crippen molar-refractivity contribution in [2.24, 2.45) is 5.92 Å². The van der Waals surface area contributed by atoms with Crippen LogP contribution < -0.4 is 0 Å². The van der Waals surface area contributed by atoms with Crippen molar-refractivity contribution in [3.05, 3.63) is 34.1 Å². The number of hydrogen-bond acceptors (Lipinski definition) is 0. The molecule has 0 atom stereocenters. The molecule has 0 spiro atoms. The summed E-state index contributed by atoms with van der Waals surface area (Å²) >= 11 is 5.90. The van der Waals surface area contributed by atoms with Gasteiger partial charge in [-0.15, -0.1) is 0 Å². The maximum atomic E-state index is 13.3. The Labute approximate surface area is 83.7 Å². The van der Waals surface area contributed by atoms with Crippen LogP contribution in [0.25, 0.3) is 0 Å². The smallest absolute Gasteiger partial charge is 0.126 e. The largest absolute Gasteiger partial charge is 0.207 e. The van der Waals surface area contributed by atoms with Crippen LogP contribution in [0.1, 0.15) is 25.0 Å². The lowest BCUT2D eigenvalue weighted by Gasteiger charge is -2.08. The Morgan fingerprint density at radius 2 is 2.00 bits per heavy atom. The molecule has 0 aliphatic rings. The lowest BCUT2D eigenvalue weighted by molar-refractivity contribution is 0.573. The Morgan fingerprint density at radius 3 is 2.54 bits per heavy atom. The SMILES string of the molecule is Cc1cc(F)c(CC(C)C)cc1Cl. The van der Waals surface area contributed by atoms with Gasteiger partial charge in [-0.3, -0.25) is 0 Å². The fourth-order valence-electron chi connectivity index (χ4n) is 1.28. The second-order valence-electron chi connectivity index (χ2n) is 3.79. The van der Waals surface area contributed by atoms with Gasteiger partial charge >= 0.3 is 0 Å². The van der Waals surface area contributed by atoms with E-state index in [9.17, 15) is 4.39 Å². The van der Waals surface area contributed by atoms with Crippen LogP contribution in [0.4, 0.5) is 4.39 Å². The van der Waals surface area contributed by atoms with Gasteiger partial charge in [0.1, 0.15) is 5.82 Å². The van der Waals surface area contributed by atoms with Crippen molar-refractivity contribution in [3.63, 3.8) is 0 Å². The van der Waals surface area contributed by atoms with Gasteiger partial charge in [0.2, 0.25) is 0 Å². The van der Waals surface area contributed by atoms with E-state index in [4.69, 9.17) is 11.6 Å². The third-order valence-corrected chi connectivity index (χ3v) is 2.36. The molecule has 0 radical (unpaired) electrons. The van der Waals surface area contributed by atoms with E-state index in [1.165, 1.54) is 6.07 Å². The Hall–Kier alpha value is -0.560. The molecular weight excluding hydrogens is 187 g/mol. The fraction of sp³-hybridized carbons (Fsp3) is 0.455. The minimum Gasteiger partial charge on any atom is -0.207 e. The van der Waals surface area contributed by atoms with Crippen LogP contribution in [0.3, 0.4) is 0 Å². The number of rotatable bonds is 2. The normalized spacial score (nSPS) is 10.9. The molecule has 1 aromatic rings. The molecule has 1 aromatic carbocycles. The third kappa shape index (κ3) is 2.70. The summed E-state index contributed by atoms with van der Waals surface area (Å²) in [5, 5.41) is 0.650. The topological polar surface area (TPSA) is 0 Å².